The van der Waals surface area contributed by atoms with Crippen LogP contribution < -0.4 is 14.9 Å². The summed E-state index contributed by atoms with van der Waals surface area (Å²) >= 11 is 0. The number of rotatable bonds is 6. The Bertz CT molecular complexity index is 1110. The summed E-state index contributed by atoms with van der Waals surface area (Å²) in [7, 11) is -3.94. The van der Waals surface area contributed by atoms with Crippen molar-refractivity contribution >= 4 is 33.2 Å². The Morgan fingerprint density at radius 1 is 1.13 bits per heavy atom. The summed E-state index contributed by atoms with van der Waals surface area (Å²) in [6.45, 7) is 8.92. The molecule has 1 heterocycles. The minimum atomic E-state index is -3.94. The predicted molar refractivity (Wildman–Crippen MR) is 122 cm³/mol. The molecule has 3 rings (SSSR count). The lowest BCUT2D eigenvalue weighted by Crippen LogP contribution is -2.47. The van der Waals surface area contributed by atoms with E-state index in [2.05, 4.69) is 10.0 Å². The summed E-state index contributed by atoms with van der Waals surface area (Å²) in [5.41, 5.74) is 3.14. The molecule has 0 spiro atoms. The Morgan fingerprint density at radius 2 is 1.84 bits per heavy atom. The highest BCUT2D eigenvalue weighted by Crippen LogP contribution is 2.34. The van der Waals surface area contributed by atoms with Gasteiger partial charge in [-0.3, -0.25) is 9.59 Å². The molecule has 0 aliphatic carbocycles. The molecule has 1 aliphatic heterocycles. The average molecular weight is 444 g/mol. The molecule has 2 amide bonds. The van der Waals surface area contributed by atoms with Gasteiger partial charge in [-0.2, -0.15) is 4.72 Å². The highest BCUT2D eigenvalue weighted by Gasteiger charge is 2.32. The SMILES string of the molecule is CC(=O)N1c2ccc(S(=O)(=O)N[C@H](C(=O)Nc3cccc(C)c3)C(C)C)cc2C[C@@H]1C. The normalized spacial score (nSPS) is 16.8. The lowest BCUT2D eigenvalue weighted by molar-refractivity contribution is -0.118. The van der Waals surface area contributed by atoms with E-state index in [9.17, 15) is 18.0 Å². The van der Waals surface area contributed by atoms with Gasteiger partial charge in [-0.05, 0) is 67.6 Å². The van der Waals surface area contributed by atoms with Crippen molar-refractivity contribution in [1.29, 1.82) is 0 Å². The lowest BCUT2D eigenvalue weighted by Gasteiger charge is -2.22. The van der Waals surface area contributed by atoms with Crippen molar-refractivity contribution in [3.05, 3.63) is 53.6 Å². The second-order valence-electron chi connectivity index (χ2n) is 8.43. The van der Waals surface area contributed by atoms with Gasteiger partial charge in [-0.1, -0.05) is 26.0 Å². The van der Waals surface area contributed by atoms with E-state index in [0.29, 0.717) is 12.1 Å². The summed E-state index contributed by atoms with van der Waals surface area (Å²) < 4.78 is 28.7. The van der Waals surface area contributed by atoms with Gasteiger partial charge in [0.05, 0.1) is 4.90 Å². The molecule has 2 atom stereocenters. The highest BCUT2D eigenvalue weighted by molar-refractivity contribution is 7.89. The van der Waals surface area contributed by atoms with Gasteiger partial charge in [0.2, 0.25) is 21.8 Å². The maximum absolute atomic E-state index is 13.1. The molecule has 2 aromatic rings. The Kier molecular flexibility index (Phi) is 6.52. The molecule has 0 aromatic heterocycles. The molecular weight excluding hydrogens is 414 g/mol. The molecule has 0 radical (unpaired) electrons. The number of carbonyl (C=O) groups is 2. The number of nitrogens with zero attached hydrogens (tertiary/aromatic N) is 1. The fourth-order valence-electron chi connectivity index (χ4n) is 3.92. The van der Waals surface area contributed by atoms with E-state index in [4.69, 9.17) is 0 Å². The van der Waals surface area contributed by atoms with Crippen LogP contribution in [0.3, 0.4) is 0 Å². The Morgan fingerprint density at radius 3 is 2.45 bits per heavy atom. The molecule has 0 unspecified atom stereocenters. The number of hydrogen-bond acceptors (Lipinski definition) is 4. The first-order valence-electron chi connectivity index (χ1n) is 10.3. The summed E-state index contributed by atoms with van der Waals surface area (Å²) in [6.07, 6.45) is 0.583. The molecule has 2 aromatic carbocycles. The molecule has 7 nitrogen and oxygen atoms in total. The van der Waals surface area contributed by atoms with Crippen LogP contribution in [0.2, 0.25) is 0 Å². The summed E-state index contributed by atoms with van der Waals surface area (Å²) in [5, 5.41) is 2.79. The maximum atomic E-state index is 13.1. The topological polar surface area (TPSA) is 95.6 Å². The Hall–Kier alpha value is -2.71. The molecule has 166 valence electrons. The average Bonchev–Trinajstić information content (AvgIpc) is 3.00. The van der Waals surface area contributed by atoms with Crippen LogP contribution in [-0.4, -0.2) is 32.3 Å². The van der Waals surface area contributed by atoms with E-state index < -0.39 is 22.0 Å². The molecule has 0 saturated carbocycles. The number of hydrogen-bond donors (Lipinski definition) is 2. The van der Waals surface area contributed by atoms with Gasteiger partial charge in [0.1, 0.15) is 6.04 Å². The number of sulfonamides is 1. The Balaban J connectivity index is 1.83. The van der Waals surface area contributed by atoms with Crippen LogP contribution in [0, 0.1) is 12.8 Å². The standard InChI is InChI=1S/C23H29N3O4S/c1-14(2)22(23(28)24-19-8-6-7-15(3)11-19)25-31(29,30)20-9-10-21-18(13-20)12-16(4)26(21)17(5)27/h6-11,13-14,16,22,25H,12H2,1-5H3,(H,24,28)/t16-,22-/m0/s1. The smallest absolute Gasteiger partial charge is 0.242 e. The molecular formula is C23H29N3O4S. The van der Waals surface area contributed by atoms with Crippen LogP contribution in [0.1, 0.15) is 38.8 Å². The van der Waals surface area contributed by atoms with Crippen molar-refractivity contribution in [2.45, 2.75) is 58.0 Å². The van der Waals surface area contributed by atoms with Gasteiger partial charge in [-0.25, -0.2) is 8.42 Å². The second kappa shape index (κ2) is 8.80. The van der Waals surface area contributed by atoms with Crippen molar-refractivity contribution in [2.75, 3.05) is 10.2 Å². The third kappa shape index (κ3) is 4.97. The number of fused-ring (bicyclic) bond motifs is 1. The van der Waals surface area contributed by atoms with Gasteiger partial charge in [0.25, 0.3) is 0 Å². The first-order chi connectivity index (χ1) is 14.5. The third-order valence-electron chi connectivity index (χ3n) is 5.43. The van der Waals surface area contributed by atoms with Crippen LogP contribution in [0.4, 0.5) is 11.4 Å². The van der Waals surface area contributed by atoms with Crippen LogP contribution in [0.15, 0.2) is 47.4 Å². The van der Waals surface area contributed by atoms with Crippen molar-refractivity contribution in [2.24, 2.45) is 5.92 Å². The predicted octanol–water partition coefficient (Wildman–Crippen LogP) is 3.23. The van der Waals surface area contributed by atoms with Gasteiger partial charge in [0.15, 0.2) is 0 Å². The monoisotopic (exact) mass is 443 g/mol. The van der Waals surface area contributed by atoms with Crippen molar-refractivity contribution in [3.63, 3.8) is 0 Å². The highest BCUT2D eigenvalue weighted by atomic mass is 32.2. The van der Waals surface area contributed by atoms with Crippen LogP contribution in [-0.2, 0) is 26.0 Å². The Labute approximate surface area is 183 Å². The molecule has 2 N–H and O–H groups in total. The molecule has 0 saturated heterocycles. The van der Waals surface area contributed by atoms with E-state index in [1.165, 1.54) is 13.0 Å². The van der Waals surface area contributed by atoms with Crippen LogP contribution >= 0.6 is 0 Å². The quantitative estimate of drug-likeness (QED) is 0.716. The summed E-state index contributed by atoms with van der Waals surface area (Å²) in [6, 6.07) is 11.1. The minimum absolute atomic E-state index is 0.0260. The van der Waals surface area contributed by atoms with Crippen molar-refractivity contribution < 1.29 is 18.0 Å². The molecule has 8 heteroatoms. The first-order valence-corrected chi connectivity index (χ1v) is 11.8. The number of nitrogens with one attached hydrogen (secondary N) is 2. The van der Waals surface area contributed by atoms with Crippen molar-refractivity contribution in [3.8, 4) is 0 Å². The number of carbonyl (C=O) groups excluding carboxylic acids is 2. The van der Waals surface area contributed by atoms with E-state index in [1.807, 2.05) is 32.0 Å². The van der Waals surface area contributed by atoms with Gasteiger partial charge < -0.3 is 10.2 Å². The molecule has 0 fully saturated rings. The van der Waals surface area contributed by atoms with E-state index in [0.717, 1.165) is 16.8 Å². The largest absolute Gasteiger partial charge is 0.325 e. The molecule has 1 aliphatic rings. The summed E-state index contributed by atoms with van der Waals surface area (Å²) in [5.74, 6) is -0.753. The van der Waals surface area contributed by atoms with E-state index >= 15 is 0 Å². The van der Waals surface area contributed by atoms with Gasteiger partial charge in [0, 0.05) is 24.3 Å². The zero-order valence-electron chi connectivity index (χ0n) is 18.5. The van der Waals surface area contributed by atoms with E-state index in [1.54, 1.807) is 36.9 Å². The van der Waals surface area contributed by atoms with Crippen LogP contribution in [0.5, 0.6) is 0 Å². The third-order valence-corrected chi connectivity index (χ3v) is 6.87. The van der Waals surface area contributed by atoms with E-state index in [-0.39, 0.29) is 22.8 Å². The molecule has 31 heavy (non-hydrogen) atoms. The lowest BCUT2D eigenvalue weighted by atomic mass is 10.0. The fourth-order valence-corrected chi connectivity index (χ4v) is 5.32. The zero-order valence-corrected chi connectivity index (χ0v) is 19.3. The van der Waals surface area contributed by atoms with Crippen LogP contribution in [0.25, 0.3) is 0 Å². The zero-order chi connectivity index (χ0) is 22.9. The second-order valence-corrected chi connectivity index (χ2v) is 10.1. The fraction of sp³-hybridized carbons (Fsp3) is 0.391. The maximum Gasteiger partial charge on any atom is 0.242 e. The van der Waals surface area contributed by atoms with Gasteiger partial charge in [-0.15, -0.1) is 0 Å². The number of anilines is 2. The number of amides is 2. The molecule has 0 bridgehead atoms. The van der Waals surface area contributed by atoms with Gasteiger partial charge >= 0.3 is 0 Å². The number of benzene rings is 2. The van der Waals surface area contributed by atoms with Crippen molar-refractivity contribution in [1.82, 2.24) is 4.72 Å². The minimum Gasteiger partial charge on any atom is -0.325 e. The number of aryl methyl sites for hydroxylation is 1. The summed E-state index contributed by atoms with van der Waals surface area (Å²) in [4.78, 5) is 26.5. The first kappa shape index (κ1) is 23.0.